The Morgan fingerprint density at radius 1 is 1.04 bits per heavy atom. The van der Waals surface area contributed by atoms with Crippen LogP contribution in [0.1, 0.15) is 11.5 Å². The third-order valence-corrected chi connectivity index (χ3v) is 4.37. The molecule has 0 aliphatic heterocycles. The maximum atomic E-state index is 8.83. The Hall–Kier alpha value is -3.51. The molecule has 4 rings (SSSR count). The van der Waals surface area contributed by atoms with Crippen molar-refractivity contribution in [2.24, 2.45) is 0 Å². The average Bonchev–Trinajstić information content (AvgIpc) is 3.34. The number of hydrogen-bond donors (Lipinski definition) is 0. The van der Waals surface area contributed by atoms with E-state index in [0.717, 1.165) is 5.76 Å². The first-order valence-corrected chi connectivity index (χ1v) is 8.44. The number of nitriles is 1. The van der Waals surface area contributed by atoms with Gasteiger partial charge in [-0.3, -0.25) is 9.55 Å². The fraction of sp³-hybridized carbons (Fsp3) is 0.0588. The number of rotatable bonds is 5. The zero-order chi connectivity index (χ0) is 17.8. The second-order valence-electron chi connectivity index (χ2n) is 5.16. The van der Waals surface area contributed by atoms with Crippen molar-refractivity contribution in [3.05, 3.63) is 66.4 Å². The van der Waals surface area contributed by atoms with Crippen LogP contribution in [-0.4, -0.2) is 29.9 Å². The van der Waals surface area contributed by atoms with Gasteiger partial charge in [-0.2, -0.15) is 5.26 Å². The summed E-state index contributed by atoms with van der Waals surface area (Å²) in [7, 11) is 0. The first kappa shape index (κ1) is 16.0. The third-order valence-electron chi connectivity index (χ3n) is 3.46. The Morgan fingerprint density at radius 3 is 2.69 bits per heavy atom. The van der Waals surface area contributed by atoms with Crippen molar-refractivity contribution >= 4 is 11.8 Å². The monoisotopic (exact) mass is 361 g/mol. The summed E-state index contributed by atoms with van der Waals surface area (Å²) in [6.07, 6.45) is 3.33. The molecule has 26 heavy (non-hydrogen) atoms. The average molecular weight is 361 g/mol. The lowest BCUT2D eigenvalue weighted by Gasteiger charge is -2.07. The van der Waals surface area contributed by atoms with E-state index in [4.69, 9.17) is 9.68 Å². The predicted molar refractivity (Wildman–Crippen MR) is 91.9 cm³/mol. The van der Waals surface area contributed by atoms with Gasteiger partial charge >= 0.3 is 0 Å². The van der Waals surface area contributed by atoms with Crippen LogP contribution >= 0.6 is 11.8 Å². The highest BCUT2D eigenvalue weighted by molar-refractivity contribution is 7.99. The molecule has 0 aliphatic carbocycles. The molecule has 0 spiro atoms. The minimum Gasteiger partial charge on any atom is -0.467 e. The van der Waals surface area contributed by atoms with Crippen molar-refractivity contribution in [2.75, 3.05) is 0 Å². The van der Waals surface area contributed by atoms with Crippen LogP contribution in [0.15, 0.2) is 69.5 Å². The molecule has 0 radical (unpaired) electrons. The Balaban J connectivity index is 1.71. The third kappa shape index (κ3) is 3.31. The van der Waals surface area contributed by atoms with Crippen molar-refractivity contribution in [1.29, 1.82) is 5.26 Å². The van der Waals surface area contributed by atoms with E-state index in [9.17, 15) is 0 Å². The molecule has 4 aromatic heterocycles. The topological polar surface area (TPSA) is 106 Å². The second-order valence-corrected chi connectivity index (χ2v) is 6.14. The van der Waals surface area contributed by atoms with Gasteiger partial charge in [-0.1, -0.05) is 6.07 Å². The highest BCUT2D eigenvalue weighted by atomic mass is 32.2. The summed E-state index contributed by atoms with van der Waals surface area (Å²) in [6, 6.07) is 14.6. The summed E-state index contributed by atoms with van der Waals surface area (Å²) in [4.78, 5) is 4.35. The van der Waals surface area contributed by atoms with Crippen LogP contribution in [0, 0.1) is 11.3 Å². The van der Waals surface area contributed by atoms with E-state index in [1.165, 1.54) is 11.8 Å². The van der Waals surface area contributed by atoms with Crippen LogP contribution in [0.2, 0.25) is 0 Å². The van der Waals surface area contributed by atoms with Crippen molar-refractivity contribution in [2.45, 2.75) is 16.7 Å². The lowest BCUT2D eigenvalue weighted by molar-refractivity contribution is 0.485. The lowest BCUT2D eigenvalue weighted by atomic mass is 10.3. The normalized spacial score (nSPS) is 10.6. The number of nitrogens with zero attached hydrogens (tertiary/aromatic N) is 7. The van der Waals surface area contributed by atoms with Gasteiger partial charge in [-0.05, 0) is 48.2 Å². The Kier molecular flexibility index (Phi) is 4.40. The zero-order valence-corrected chi connectivity index (χ0v) is 14.2. The molecule has 0 amide bonds. The largest absolute Gasteiger partial charge is 0.467 e. The Labute approximate surface area is 152 Å². The van der Waals surface area contributed by atoms with Gasteiger partial charge in [0.05, 0.1) is 12.8 Å². The van der Waals surface area contributed by atoms with E-state index >= 15 is 0 Å². The number of pyridine rings is 1. The van der Waals surface area contributed by atoms with Crippen LogP contribution < -0.4 is 0 Å². The maximum Gasteiger partial charge on any atom is 0.198 e. The van der Waals surface area contributed by atoms with Crippen LogP contribution in [0.5, 0.6) is 0 Å². The number of furan rings is 1. The van der Waals surface area contributed by atoms with Crippen LogP contribution in [-0.2, 0) is 6.54 Å². The molecule has 0 saturated heterocycles. The summed E-state index contributed by atoms with van der Waals surface area (Å²) in [5.74, 6) is 1.40. The van der Waals surface area contributed by atoms with Crippen LogP contribution in [0.25, 0.3) is 11.5 Å². The molecule has 0 aliphatic rings. The summed E-state index contributed by atoms with van der Waals surface area (Å²) >= 11 is 1.31. The van der Waals surface area contributed by atoms with Gasteiger partial charge in [0.1, 0.15) is 22.5 Å². The van der Waals surface area contributed by atoms with Gasteiger partial charge < -0.3 is 4.42 Å². The summed E-state index contributed by atoms with van der Waals surface area (Å²) in [5, 5.41) is 26.5. The minimum absolute atomic E-state index is 0.264. The van der Waals surface area contributed by atoms with Crippen molar-refractivity contribution in [1.82, 2.24) is 29.9 Å². The molecule has 0 fully saturated rings. The Morgan fingerprint density at radius 2 is 2.00 bits per heavy atom. The highest BCUT2D eigenvalue weighted by Gasteiger charge is 2.17. The molecular weight excluding hydrogens is 350 g/mol. The summed E-state index contributed by atoms with van der Waals surface area (Å²) in [6.45, 7) is 0.456. The first-order chi connectivity index (χ1) is 12.8. The lowest BCUT2D eigenvalue weighted by Crippen LogP contribution is -2.04. The Bertz CT molecular complexity index is 1040. The molecule has 8 nitrogen and oxygen atoms in total. The van der Waals surface area contributed by atoms with Gasteiger partial charge in [-0.25, -0.2) is 0 Å². The molecule has 0 unspecified atom stereocenters. The van der Waals surface area contributed by atoms with E-state index in [-0.39, 0.29) is 5.69 Å². The molecule has 0 atom stereocenters. The molecule has 9 heteroatoms. The molecule has 126 valence electrons. The smallest absolute Gasteiger partial charge is 0.198 e. The van der Waals surface area contributed by atoms with Crippen LogP contribution in [0.3, 0.4) is 0 Å². The number of hydrogen-bond acceptors (Lipinski definition) is 8. The van der Waals surface area contributed by atoms with E-state index in [2.05, 4.69) is 25.4 Å². The highest BCUT2D eigenvalue weighted by Crippen LogP contribution is 2.28. The molecule has 4 aromatic rings. The van der Waals surface area contributed by atoms with Gasteiger partial charge in [0, 0.05) is 6.20 Å². The van der Waals surface area contributed by atoms with Gasteiger partial charge in [0.2, 0.25) is 0 Å². The van der Waals surface area contributed by atoms with Gasteiger partial charge in [0.25, 0.3) is 0 Å². The second kappa shape index (κ2) is 7.16. The van der Waals surface area contributed by atoms with E-state index in [1.807, 2.05) is 41.0 Å². The first-order valence-electron chi connectivity index (χ1n) is 7.62. The summed E-state index contributed by atoms with van der Waals surface area (Å²) in [5.41, 5.74) is 0.977. The molecule has 0 N–H and O–H groups in total. The van der Waals surface area contributed by atoms with Gasteiger partial charge in [-0.15, -0.1) is 20.4 Å². The molecule has 0 bridgehead atoms. The summed E-state index contributed by atoms with van der Waals surface area (Å²) < 4.78 is 7.37. The quantitative estimate of drug-likeness (QED) is 0.534. The van der Waals surface area contributed by atoms with Gasteiger partial charge in [0.15, 0.2) is 16.7 Å². The van der Waals surface area contributed by atoms with E-state index in [1.54, 1.807) is 24.6 Å². The maximum absolute atomic E-state index is 8.83. The number of aromatic nitrogens is 6. The van der Waals surface area contributed by atoms with Crippen LogP contribution in [0.4, 0.5) is 0 Å². The zero-order valence-electron chi connectivity index (χ0n) is 13.4. The van der Waals surface area contributed by atoms with Crippen molar-refractivity contribution < 1.29 is 4.42 Å². The minimum atomic E-state index is 0.264. The molecular formula is C17H11N7OS. The molecule has 0 aromatic carbocycles. The molecule has 0 saturated carbocycles. The fourth-order valence-electron chi connectivity index (χ4n) is 2.28. The SMILES string of the molecule is N#Cc1ccc(Sc2nnc(-c3ccccn3)n2Cc2ccco2)nn1. The predicted octanol–water partition coefficient (Wildman–Crippen LogP) is 2.79. The van der Waals surface area contributed by atoms with E-state index < -0.39 is 0 Å². The van der Waals surface area contributed by atoms with Crippen molar-refractivity contribution in [3.63, 3.8) is 0 Å². The van der Waals surface area contributed by atoms with Crippen molar-refractivity contribution in [3.8, 4) is 17.6 Å². The van der Waals surface area contributed by atoms with E-state index in [0.29, 0.717) is 28.2 Å². The fourth-order valence-corrected chi connectivity index (χ4v) is 3.02. The standard InChI is InChI=1S/C17H11N7OS/c18-10-12-6-7-15(21-20-12)26-17-23-22-16(14-5-1-2-8-19-14)24(17)11-13-4-3-9-25-13/h1-9H,11H2. The molecule has 4 heterocycles.